The van der Waals surface area contributed by atoms with Crippen molar-refractivity contribution in [2.24, 2.45) is 0 Å². The Balaban J connectivity index is 0.000000232. The number of ether oxygens (including phenoxy) is 1. The summed E-state index contributed by atoms with van der Waals surface area (Å²) in [7, 11) is 1.66. The van der Waals surface area contributed by atoms with Gasteiger partial charge >= 0.3 is 0 Å². The van der Waals surface area contributed by atoms with E-state index in [4.69, 9.17) is 16.3 Å². The third kappa shape index (κ3) is 4.34. The van der Waals surface area contributed by atoms with Crippen LogP contribution in [0.2, 0.25) is 0 Å². The second-order valence-electron chi connectivity index (χ2n) is 3.53. The van der Waals surface area contributed by atoms with Crippen molar-refractivity contribution in [2.75, 3.05) is 13.0 Å². The zero-order valence-electron chi connectivity index (χ0n) is 10.3. The van der Waals surface area contributed by atoms with Gasteiger partial charge in [0, 0.05) is 23.9 Å². The number of alkyl halides is 1. The number of rotatable bonds is 4. The molecule has 2 rings (SSSR count). The number of carbonyl (C=O) groups excluding carboxylic acids is 1. The molecule has 1 aromatic heterocycles. The minimum atomic E-state index is 0.596. The summed E-state index contributed by atoms with van der Waals surface area (Å²) in [6.45, 7) is 0. The number of carbonyl (C=O) groups is 1. The highest BCUT2D eigenvalue weighted by Gasteiger charge is 1.98. The fourth-order valence-electron chi connectivity index (χ4n) is 1.40. The average Bonchev–Trinajstić information content (AvgIpc) is 2.45. The summed E-state index contributed by atoms with van der Waals surface area (Å²) < 4.78 is 5.16. The van der Waals surface area contributed by atoms with Crippen LogP contribution in [-0.2, 0) is 4.79 Å². The Morgan fingerprint density at radius 1 is 1.33 bits per heavy atom. The number of fused-ring (bicyclic) bond motifs is 1. The third-order valence-electron chi connectivity index (χ3n) is 2.27. The fourth-order valence-corrected chi connectivity index (χ4v) is 1.56. The SMILES string of the molecule is COc1cccc2cccnc12.O=CCCCCl. The summed E-state index contributed by atoms with van der Waals surface area (Å²) in [5, 5.41) is 1.11. The fraction of sp³-hybridized carbons (Fsp3) is 0.286. The van der Waals surface area contributed by atoms with Gasteiger partial charge in [0.2, 0.25) is 0 Å². The summed E-state index contributed by atoms with van der Waals surface area (Å²) in [6, 6.07) is 9.83. The number of methoxy groups -OCH3 is 1. The summed E-state index contributed by atoms with van der Waals surface area (Å²) >= 11 is 5.22. The highest BCUT2D eigenvalue weighted by atomic mass is 35.5. The van der Waals surface area contributed by atoms with Gasteiger partial charge in [0.05, 0.1) is 7.11 Å². The topological polar surface area (TPSA) is 39.2 Å². The number of hydrogen-bond acceptors (Lipinski definition) is 3. The third-order valence-corrected chi connectivity index (χ3v) is 2.54. The average molecular weight is 266 g/mol. The van der Waals surface area contributed by atoms with Crippen LogP contribution in [0.1, 0.15) is 12.8 Å². The van der Waals surface area contributed by atoms with E-state index in [1.54, 1.807) is 13.3 Å². The van der Waals surface area contributed by atoms with Gasteiger partial charge in [-0.1, -0.05) is 18.2 Å². The predicted molar refractivity (Wildman–Crippen MR) is 74.3 cm³/mol. The largest absolute Gasteiger partial charge is 0.494 e. The van der Waals surface area contributed by atoms with Gasteiger partial charge in [-0.2, -0.15) is 0 Å². The van der Waals surface area contributed by atoms with Crippen molar-refractivity contribution in [2.45, 2.75) is 12.8 Å². The summed E-state index contributed by atoms with van der Waals surface area (Å²) in [6.07, 6.45) is 4.06. The van der Waals surface area contributed by atoms with E-state index in [-0.39, 0.29) is 0 Å². The lowest BCUT2D eigenvalue weighted by Crippen LogP contribution is -1.85. The number of nitrogens with zero attached hydrogens (tertiary/aromatic N) is 1. The van der Waals surface area contributed by atoms with E-state index in [2.05, 4.69) is 4.98 Å². The molecule has 96 valence electrons. The van der Waals surface area contributed by atoms with Crippen molar-refractivity contribution < 1.29 is 9.53 Å². The second kappa shape index (κ2) is 8.48. The standard InChI is InChI=1S/C10H9NO.C4H7ClO/c1-12-9-6-2-4-8-5-3-7-11-10(8)9;5-3-1-2-4-6/h2-7H,1H3;4H,1-3H2. The lowest BCUT2D eigenvalue weighted by molar-refractivity contribution is -0.107. The van der Waals surface area contributed by atoms with Crippen LogP contribution in [-0.4, -0.2) is 24.3 Å². The molecule has 0 saturated heterocycles. The number of pyridine rings is 1. The molecule has 18 heavy (non-hydrogen) atoms. The number of benzene rings is 1. The van der Waals surface area contributed by atoms with Gasteiger partial charge in [-0.25, -0.2) is 0 Å². The van der Waals surface area contributed by atoms with Gasteiger partial charge in [0.15, 0.2) is 0 Å². The summed E-state index contributed by atoms with van der Waals surface area (Å²) in [5.41, 5.74) is 0.919. The number of aromatic nitrogens is 1. The first-order chi connectivity index (χ1) is 8.83. The van der Waals surface area contributed by atoms with Crippen LogP contribution in [0.5, 0.6) is 5.75 Å². The van der Waals surface area contributed by atoms with E-state index < -0.39 is 0 Å². The smallest absolute Gasteiger partial charge is 0.145 e. The summed E-state index contributed by atoms with van der Waals surface area (Å²) in [4.78, 5) is 13.7. The quantitative estimate of drug-likeness (QED) is 0.483. The van der Waals surface area contributed by atoms with Crippen molar-refractivity contribution in [3.05, 3.63) is 36.5 Å². The van der Waals surface area contributed by atoms with Gasteiger partial charge in [-0.15, -0.1) is 11.6 Å². The molecule has 0 atom stereocenters. The Labute approximate surface area is 112 Å². The highest BCUT2D eigenvalue weighted by Crippen LogP contribution is 2.21. The number of aldehydes is 1. The second-order valence-corrected chi connectivity index (χ2v) is 3.91. The van der Waals surface area contributed by atoms with Gasteiger partial charge in [-0.05, 0) is 18.6 Å². The lowest BCUT2D eigenvalue weighted by atomic mass is 10.2. The molecule has 0 saturated carbocycles. The number of hydrogen-bond donors (Lipinski definition) is 0. The van der Waals surface area contributed by atoms with Crippen molar-refractivity contribution in [1.29, 1.82) is 0 Å². The molecule has 4 heteroatoms. The molecule has 0 aliphatic rings. The maximum absolute atomic E-state index is 9.51. The molecule has 0 aliphatic heterocycles. The Morgan fingerprint density at radius 3 is 2.72 bits per heavy atom. The molecule has 0 unspecified atom stereocenters. The molecular weight excluding hydrogens is 250 g/mol. The molecular formula is C14H16ClNO2. The van der Waals surface area contributed by atoms with Gasteiger partial charge in [0.1, 0.15) is 17.6 Å². The highest BCUT2D eigenvalue weighted by molar-refractivity contribution is 6.17. The first-order valence-electron chi connectivity index (χ1n) is 5.70. The number of unbranched alkanes of at least 4 members (excludes halogenated alkanes) is 1. The monoisotopic (exact) mass is 265 g/mol. The van der Waals surface area contributed by atoms with E-state index in [1.165, 1.54) is 0 Å². The molecule has 2 aromatic rings. The molecule has 0 spiro atoms. The minimum Gasteiger partial charge on any atom is -0.494 e. The van der Waals surface area contributed by atoms with Crippen molar-refractivity contribution in [3.63, 3.8) is 0 Å². The molecule has 0 N–H and O–H groups in total. The minimum absolute atomic E-state index is 0.596. The van der Waals surface area contributed by atoms with Gasteiger partial charge < -0.3 is 9.53 Å². The van der Waals surface area contributed by atoms with Crippen LogP contribution in [0.4, 0.5) is 0 Å². The first kappa shape index (κ1) is 14.5. The van der Waals surface area contributed by atoms with Crippen molar-refractivity contribution >= 4 is 28.8 Å². The van der Waals surface area contributed by atoms with E-state index >= 15 is 0 Å². The van der Waals surface area contributed by atoms with Crippen LogP contribution in [0.15, 0.2) is 36.5 Å². The number of halogens is 1. The molecule has 3 nitrogen and oxygen atoms in total. The normalized spacial score (nSPS) is 9.44. The number of para-hydroxylation sites is 1. The van der Waals surface area contributed by atoms with Crippen molar-refractivity contribution in [3.8, 4) is 5.75 Å². The van der Waals surface area contributed by atoms with Crippen LogP contribution in [0.3, 0.4) is 0 Å². The van der Waals surface area contributed by atoms with E-state index in [1.807, 2.05) is 30.3 Å². The van der Waals surface area contributed by atoms with Crippen LogP contribution in [0.25, 0.3) is 10.9 Å². The Morgan fingerprint density at radius 2 is 2.11 bits per heavy atom. The lowest BCUT2D eigenvalue weighted by Gasteiger charge is -2.02. The van der Waals surface area contributed by atoms with Crippen LogP contribution < -0.4 is 4.74 Å². The van der Waals surface area contributed by atoms with Crippen LogP contribution in [0, 0.1) is 0 Å². The van der Waals surface area contributed by atoms with Crippen LogP contribution >= 0.6 is 11.6 Å². The van der Waals surface area contributed by atoms with Gasteiger partial charge in [0.25, 0.3) is 0 Å². The maximum atomic E-state index is 9.51. The first-order valence-corrected chi connectivity index (χ1v) is 6.24. The molecule has 0 aliphatic carbocycles. The molecule has 0 fully saturated rings. The van der Waals surface area contributed by atoms with E-state index in [9.17, 15) is 4.79 Å². The predicted octanol–water partition coefficient (Wildman–Crippen LogP) is 3.45. The Kier molecular flexibility index (Phi) is 6.81. The molecule has 1 aromatic carbocycles. The zero-order valence-corrected chi connectivity index (χ0v) is 11.1. The van der Waals surface area contributed by atoms with Crippen molar-refractivity contribution in [1.82, 2.24) is 4.98 Å². The maximum Gasteiger partial charge on any atom is 0.145 e. The molecule has 1 heterocycles. The van der Waals surface area contributed by atoms with E-state index in [0.717, 1.165) is 29.4 Å². The zero-order chi connectivity index (χ0) is 13.2. The van der Waals surface area contributed by atoms with Gasteiger partial charge in [-0.3, -0.25) is 4.98 Å². The molecule has 0 amide bonds. The Hall–Kier alpha value is -1.61. The molecule has 0 radical (unpaired) electrons. The molecule has 0 bridgehead atoms. The van der Waals surface area contributed by atoms with E-state index in [0.29, 0.717) is 12.3 Å². The Bertz CT molecular complexity index is 483. The summed E-state index contributed by atoms with van der Waals surface area (Å²) in [5.74, 6) is 1.42.